The minimum absolute atomic E-state index is 0.291. The average molecular weight is 300 g/mol. The smallest absolute Gasteiger partial charge is 0.123 e. The van der Waals surface area contributed by atoms with Crippen molar-refractivity contribution >= 4 is 0 Å². The van der Waals surface area contributed by atoms with Gasteiger partial charge in [0.15, 0.2) is 0 Å². The molecule has 0 amide bonds. The predicted molar refractivity (Wildman–Crippen MR) is 73.1 cm³/mol. The van der Waals surface area contributed by atoms with Crippen molar-refractivity contribution in [1.29, 1.82) is 0 Å². The summed E-state index contributed by atoms with van der Waals surface area (Å²) in [5.74, 6) is -0.291. The summed E-state index contributed by atoms with van der Waals surface area (Å²) in [5.41, 5.74) is 0.847. The Morgan fingerprint density at radius 3 is 2.43 bits per heavy atom. The Labute approximate surface area is 122 Å². The molecule has 1 aromatic rings. The standard InChI is InChI=1S/C15H21FO5/c16-10-5-1-3-9(7-10)4-2-6-11-13(18)15(20)14(19)12(8-17)21-11/h1,3,5,7,11-15,17-20H,2,4,6,8H2/t11?,12-,13+,14-,15-/m1/s1. The minimum atomic E-state index is -1.34. The van der Waals surface area contributed by atoms with Crippen molar-refractivity contribution in [2.75, 3.05) is 6.61 Å². The highest BCUT2D eigenvalue weighted by Gasteiger charge is 2.42. The molecule has 1 fully saturated rings. The van der Waals surface area contributed by atoms with E-state index in [0.717, 1.165) is 5.56 Å². The third-order valence-corrected chi connectivity index (χ3v) is 3.83. The Morgan fingerprint density at radius 1 is 1.05 bits per heavy atom. The number of hydrogen-bond acceptors (Lipinski definition) is 5. The van der Waals surface area contributed by atoms with Crippen molar-refractivity contribution in [3.63, 3.8) is 0 Å². The monoisotopic (exact) mass is 300 g/mol. The van der Waals surface area contributed by atoms with E-state index < -0.39 is 37.1 Å². The van der Waals surface area contributed by atoms with Crippen LogP contribution in [0.2, 0.25) is 0 Å². The van der Waals surface area contributed by atoms with Gasteiger partial charge in [0.25, 0.3) is 0 Å². The summed E-state index contributed by atoms with van der Waals surface area (Å²) in [6.45, 7) is -0.425. The van der Waals surface area contributed by atoms with Crippen molar-refractivity contribution < 1.29 is 29.6 Å². The first kappa shape index (κ1) is 16.3. The molecule has 0 aliphatic carbocycles. The SMILES string of the molecule is OC[C@H]1OC(CCCc2cccc(F)c2)[C@H](O)[C@@H](O)[C@@H]1O. The second-order valence-corrected chi connectivity index (χ2v) is 5.39. The average Bonchev–Trinajstić information content (AvgIpc) is 2.47. The number of benzene rings is 1. The largest absolute Gasteiger partial charge is 0.394 e. The molecule has 2 rings (SSSR count). The van der Waals surface area contributed by atoms with Gasteiger partial charge >= 0.3 is 0 Å². The summed E-state index contributed by atoms with van der Waals surface area (Å²) in [6, 6.07) is 6.28. The lowest BCUT2D eigenvalue weighted by Crippen LogP contribution is -2.58. The van der Waals surface area contributed by atoms with Crippen LogP contribution in [0.1, 0.15) is 18.4 Å². The summed E-state index contributed by atoms with van der Waals surface area (Å²) >= 11 is 0. The van der Waals surface area contributed by atoms with Crippen molar-refractivity contribution in [2.45, 2.75) is 49.8 Å². The van der Waals surface area contributed by atoms with Gasteiger partial charge < -0.3 is 25.2 Å². The summed E-state index contributed by atoms with van der Waals surface area (Å²) in [5, 5.41) is 38.3. The van der Waals surface area contributed by atoms with E-state index >= 15 is 0 Å². The zero-order valence-corrected chi connectivity index (χ0v) is 11.6. The molecular weight excluding hydrogens is 279 g/mol. The maximum Gasteiger partial charge on any atom is 0.123 e. The summed E-state index contributed by atoms with van der Waals surface area (Å²) in [6.07, 6.45) is -3.71. The van der Waals surface area contributed by atoms with Crippen LogP contribution in [-0.4, -0.2) is 57.6 Å². The molecule has 1 aromatic carbocycles. The van der Waals surface area contributed by atoms with E-state index in [1.54, 1.807) is 6.07 Å². The lowest BCUT2D eigenvalue weighted by molar-refractivity contribution is -0.230. The summed E-state index contributed by atoms with van der Waals surface area (Å²) < 4.78 is 18.5. The summed E-state index contributed by atoms with van der Waals surface area (Å²) in [4.78, 5) is 0. The highest BCUT2D eigenvalue weighted by atomic mass is 19.1. The van der Waals surface area contributed by atoms with Gasteiger partial charge in [0.05, 0.1) is 12.7 Å². The molecule has 1 aliphatic heterocycles. The van der Waals surface area contributed by atoms with Gasteiger partial charge in [0, 0.05) is 0 Å². The highest BCUT2D eigenvalue weighted by molar-refractivity contribution is 5.16. The fourth-order valence-electron chi connectivity index (χ4n) is 2.62. The van der Waals surface area contributed by atoms with Gasteiger partial charge in [-0.2, -0.15) is 0 Å². The van der Waals surface area contributed by atoms with Gasteiger partial charge in [0.2, 0.25) is 0 Å². The molecule has 4 N–H and O–H groups in total. The number of rotatable bonds is 5. The molecule has 5 nitrogen and oxygen atoms in total. The van der Waals surface area contributed by atoms with Crippen LogP contribution >= 0.6 is 0 Å². The third-order valence-electron chi connectivity index (χ3n) is 3.83. The predicted octanol–water partition coefficient (Wildman–Crippen LogP) is -0.00920. The van der Waals surface area contributed by atoms with Crippen molar-refractivity contribution in [3.8, 4) is 0 Å². The van der Waals surface area contributed by atoms with Crippen LogP contribution in [0.15, 0.2) is 24.3 Å². The van der Waals surface area contributed by atoms with E-state index in [1.807, 2.05) is 6.07 Å². The molecule has 0 aromatic heterocycles. The number of aliphatic hydroxyl groups is 4. The molecule has 5 atom stereocenters. The van der Waals surface area contributed by atoms with Crippen LogP contribution in [0.3, 0.4) is 0 Å². The Kier molecular flexibility index (Phi) is 5.66. The minimum Gasteiger partial charge on any atom is -0.394 e. The van der Waals surface area contributed by atoms with E-state index in [9.17, 15) is 19.7 Å². The molecular formula is C15H21FO5. The van der Waals surface area contributed by atoms with Crippen LogP contribution in [0.5, 0.6) is 0 Å². The third kappa shape index (κ3) is 3.99. The molecule has 0 spiro atoms. The van der Waals surface area contributed by atoms with Gasteiger partial charge in [0.1, 0.15) is 30.2 Å². The van der Waals surface area contributed by atoms with Gasteiger partial charge in [-0.15, -0.1) is 0 Å². The molecule has 6 heteroatoms. The van der Waals surface area contributed by atoms with Crippen LogP contribution in [-0.2, 0) is 11.2 Å². The number of hydrogen-bond donors (Lipinski definition) is 4. The Morgan fingerprint density at radius 2 is 1.76 bits per heavy atom. The quantitative estimate of drug-likeness (QED) is 0.614. The Hall–Kier alpha value is -1.05. The molecule has 0 saturated carbocycles. The maximum atomic E-state index is 13.0. The maximum absolute atomic E-state index is 13.0. The molecule has 0 bridgehead atoms. The number of halogens is 1. The first-order chi connectivity index (χ1) is 10.0. The lowest BCUT2D eigenvalue weighted by Gasteiger charge is -2.40. The topological polar surface area (TPSA) is 90.2 Å². The van der Waals surface area contributed by atoms with Gasteiger partial charge in [-0.1, -0.05) is 12.1 Å². The normalized spacial score (nSPS) is 33.1. The fourth-order valence-corrected chi connectivity index (χ4v) is 2.62. The van der Waals surface area contributed by atoms with Gasteiger partial charge in [-0.3, -0.25) is 0 Å². The number of aliphatic hydroxyl groups excluding tert-OH is 4. The van der Waals surface area contributed by atoms with Gasteiger partial charge in [-0.25, -0.2) is 4.39 Å². The van der Waals surface area contributed by atoms with Crippen molar-refractivity contribution in [2.24, 2.45) is 0 Å². The Bertz CT molecular complexity index is 453. The first-order valence-electron chi connectivity index (χ1n) is 7.08. The molecule has 0 radical (unpaired) electrons. The molecule has 1 heterocycles. The summed E-state index contributed by atoms with van der Waals surface area (Å²) in [7, 11) is 0. The van der Waals surface area contributed by atoms with Crippen LogP contribution in [0.25, 0.3) is 0 Å². The fraction of sp³-hybridized carbons (Fsp3) is 0.600. The highest BCUT2D eigenvalue weighted by Crippen LogP contribution is 2.24. The van der Waals surface area contributed by atoms with Gasteiger partial charge in [-0.05, 0) is 37.0 Å². The zero-order chi connectivity index (χ0) is 15.4. The van der Waals surface area contributed by atoms with Crippen molar-refractivity contribution in [1.82, 2.24) is 0 Å². The van der Waals surface area contributed by atoms with Crippen LogP contribution in [0, 0.1) is 5.82 Å². The zero-order valence-electron chi connectivity index (χ0n) is 11.6. The van der Waals surface area contributed by atoms with Crippen LogP contribution in [0.4, 0.5) is 4.39 Å². The second kappa shape index (κ2) is 7.29. The van der Waals surface area contributed by atoms with Crippen molar-refractivity contribution in [3.05, 3.63) is 35.6 Å². The van der Waals surface area contributed by atoms with E-state index in [0.29, 0.717) is 19.3 Å². The van der Waals surface area contributed by atoms with E-state index in [2.05, 4.69) is 0 Å². The number of aryl methyl sites for hydroxylation is 1. The van der Waals surface area contributed by atoms with E-state index in [4.69, 9.17) is 9.84 Å². The first-order valence-corrected chi connectivity index (χ1v) is 7.08. The molecule has 118 valence electrons. The molecule has 1 unspecified atom stereocenters. The second-order valence-electron chi connectivity index (χ2n) is 5.39. The van der Waals surface area contributed by atoms with E-state index in [1.165, 1.54) is 12.1 Å². The van der Waals surface area contributed by atoms with E-state index in [-0.39, 0.29) is 5.82 Å². The van der Waals surface area contributed by atoms with Crippen LogP contribution < -0.4 is 0 Å². The molecule has 21 heavy (non-hydrogen) atoms. The molecule has 1 aliphatic rings. The lowest BCUT2D eigenvalue weighted by atomic mass is 9.92. The molecule has 1 saturated heterocycles. The number of ether oxygens (including phenoxy) is 1. The Balaban J connectivity index is 1.87.